The summed E-state index contributed by atoms with van der Waals surface area (Å²) in [4.78, 5) is 0. The van der Waals surface area contributed by atoms with Crippen molar-refractivity contribution in [2.45, 2.75) is 126 Å². The first kappa shape index (κ1) is 26.1. The summed E-state index contributed by atoms with van der Waals surface area (Å²) < 4.78 is 0. The third-order valence-corrected chi connectivity index (χ3v) is 17.9. The maximum absolute atomic E-state index is 2.56. The third-order valence-electron chi connectivity index (χ3n) is 5.95. The van der Waals surface area contributed by atoms with E-state index in [1.807, 2.05) is 0 Å². The lowest BCUT2D eigenvalue weighted by molar-refractivity contribution is 0.870. The highest BCUT2D eigenvalue weighted by molar-refractivity contribution is 6.80. The highest BCUT2D eigenvalue weighted by Gasteiger charge is 2.31. The van der Waals surface area contributed by atoms with Crippen molar-refractivity contribution >= 4 is 43.3 Å². The Morgan fingerprint density at radius 1 is 0.400 bits per heavy atom. The molecule has 0 rings (SSSR count). The lowest BCUT2D eigenvalue weighted by Gasteiger charge is -2.33. The minimum atomic E-state index is -0.974. The van der Waals surface area contributed by atoms with Crippen LogP contribution >= 0.6 is 0 Å². The van der Waals surface area contributed by atoms with E-state index in [1.165, 1.54) is 0 Å². The molecule has 0 unspecified atom stereocenters. The van der Waals surface area contributed by atoms with Gasteiger partial charge < -0.3 is 0 Å². The van der Waals surface area contributed by atoms with E-state index < -0.39 is 8.07 Å². The van der Waals surface area contributed by atoms with Crippen molar-refractivity contribution in [2.75, 3.05) is 0 Å². The summed E-state index contributed by atoms with van der Waals surface area (Å²) in [7, 11) is -2.36. The summed E-state index contributed by atoms with van der Waals surface area (Å²) in [5.74, 6) is 0. The molecule has 0 amide bonds. The molecule has 0 aliphatic rings. The molecule has 0 aliphatic carbocycles. The van der Waals surface area contributed by atoms with Gasteiger partial charge in [-0.05, 0) is 0 Å². The first-order valence-corrected chi connectivity index (χ1v) is 27.0. The molecular weight excluding hydrogens is 381 g/mol. The van der Waals surface area contributed by atoms with Crippen LogP contribution in [-0.2, 0) is 0 Å². The van der Waals surface area contributed by atoms with Crippen LogP contribution in [0.4, 0.5) is 0 Å². The molecule has 0 aromatic carbocycles. The van der Waals surface area contributed by atoms with Gasteiger partial charge in [0.1, 0.15) is 0 Å². The van der Waals surface area contributed by atoms with E-state index in [0.717, 1.165) is 0 Å². The summed E-state index contributed by atoms with van der Waals surface area (Å²) in [6.07, 6.45) is 6.42. The molecule has 0 spiro atoms. The fraction of sp³-hybridized carbons (Fsp3) is 1.00. The van der Waals surface area contributed by atoms with Crippen LogP contribution in [-0.4, -0.2) is 43.3 Å². The topological polar surface area (TPSA) is 0 Å². The largest absolute Gasteiger partial charge is 0.0722 e. The standard InChI is InChI=1S/C20H52Si5/c1-21(2)13-9-17-25(18-10-14-22(3)4,19-11-15-23(5)6)20-12-16-24(7)8/h21-24H,9-20H2,1-8H3. The van der Waals surface area contributed by atoms with Crippen molar-refractivity contribution in [3.8, 4) is 0 Å². The summed E-state index contributed by atoms with van der Waals surface area (Å²) in [5.41, 5.74) is 0. The van der Waals surface area contributed by atoms with Crippen LogP contribution in [0.5, 0.6) is 0 Å². The Balaban J connectivity index is 4.85. The molecule has 0 heterocycles. The Labute approximate surface area is 169 Å². The molecule has 25 heavy (non-hydrogen) atoms. The van der Waals surface area contributed by atoms with Crippen LogP contribution in [0.2, 0.25) is 101 Å². The van der Waals surface area contributed by atoms with E-state index in [-0.39, 0.29) is 35.2 Å². The molecular formula is C20H52Si5. The second-order valence-corrected chi connectivity index (χ2v) is 29.1. The van der Waals surface area contributed by atoms with E-state index in [1.54, 1.807) is 74.0 Å². The van der Waals surface area contributed by atoms with Crippen molar-refractivity contribution in [3.05, 3.63) is 0 Å². The van der Waals surface area contributed by atoms with Gasteiger partial charge in [-0.3, -0.25) is 0 Å². The minimum Gasteiger partial charge on any atom is -0.0722 e. The van der Waals surface area contributed by atoms with Crippen LogP contribution < -0.4 is 0 Å². The highest BCUT2D eigenvalue weighted by Crippen LogP contribution is 2.35. The molecule has 0 aliphatic heterocycles. The van der Waals surface area contributed by atoms with Crippen molar-refractivity contribution in [1.82, 2.24) is 0 Å². The Kier molecular flexibility index (Phi) is 15.7. The number of hydrogen-bond donors (Lipinski definition) is 0. The Morgan fingerprint density at radius 2 is 0.600 bits per heavy atom. The minimum absolute atomic E-state index is 0.348. The first-order chi connectivity index (χ1) is 11.7. The fourth-order valence-electron chi connectivity index (χ4n) is 4.29. The van der Waals surface area contributed by atoms with Gasteiger partial charge in [0, 0.05) is 35.2 Å². The lowest BCUT2D eigenvalue weighted by atomic mass is 10.5. The van der Waals surface area contributed by atoms with E-state index in [2.05, 4.69) is 52.4 Å². The van der Waals surface area contributed by atoms with Crippen LogP contribution in [0, 0.1) is 0 Å². The molecule has 0 saturated heterocycles. The van der Waals surface area contributed by atoms with Crippen LogP contribution in [0.25, 0.3) is 0 Å². The molecule has 0 N–H and O–H groups in total. The van der Waals surface area contributed by atoms with Crippen LogP contribution in [0.1, 0.15) is 25.7 Å². The predicted octanol–water partition coefficient (Wildman–Crippen LogP) is 6.94. The maximum atomic E-state index is 2.56. The quantitative estimate of drug-likeness (QED) is 0.232. The molecule has 5 heteroatoms. The molecule has 0 saturated carbocycles. The van der Waals surface area contributed by atoms with Crippen LogP contribution in [0.15, 0.2) is 0 Å². The SMILES string of the molecule is C[SiH](C)CCC[Si](CCC[SiH](C)C)(CCC[SiH](C)C)CCC[SiH](C)C. The summed E-state index contributed by atoms with van der Waals surface area (Å²) >= 11 is 0. The van der Waals surface area contributed by atoms with Crippen LogP contribution in [0.3, 0.4) is 0 Å². The van der Waals surface area contributed by atoms with Gasteiger partial charge in [0.15, 0.2) is 0 Å². The zero-order chi connectivity index (χ0) is 19.3. The van der Waals surface area contributed by atoms with Gasteiger partial charge in [-0.1, -0.05) is 126 Å². The van der Waals surface area contributed by atoms with E-state index in [9.17, 15) is 0 Å². The zero-order valence-corrected chi connectivity index (χ0v) is 24.9. The second kappa shape index (κ2) is 15.1. The van der Waals surface area contributed by atoms with Gasteiger partial charge in [0.2, 0.25) is 0 Å². The normalized spacial score (nSPS) is 13.0. The van der Waals surface area contributed by atoms with Gasteiger partial charge >= 0.3 is 0 Å². The van der Waals surface area contributed by atoms with Gasteiger partial charge in [-0.15, -0.1) is 0 Å². The summed E-state index contributed by atoms with van der Waals surface area (Å²) in [6.45, 7) is 20.5. The van der Waals surface area contributed by atoms with E-state index >= 15 is 0 Å². The average molecular weight is 433 g/mol. The second-order valence-electron chi connectivity index (χ2n) is 10.6. The van der Waals surface area contributed by atoms with Crippen molar-refractivity contribution < 1.29 is 0 Å². The molecule has 0 aromatic rings. The molecule has 0 bridgehead atoms. The smallest absolute Gasteiger partial charge is 0.0535 e. The molecule has 0 atom stereocenters. The fourth-order valence-corrected chi connectivity index (χ4v) is 15.3. The average Bonchev–Trinajstić information content (AvgIpc) is 2.45. The maximum Gasteiger partial charge on any atom is 0.0535 e. The summed E-state index contributed by atoms with van der Waals surface area (Å²) in [6, 6.07) is 13.3. The van der Waals surface area contributed by atoms with Gasteiger partial charge in [-0.2, -0.15) is 0 Å². The molecule has 0 aromatic heterocycles. The third kappa shape index (κ3) is 15.8. The molecule has 0 radical (unpaired) electrons. The molecule has 0 fully saturated rings. The number of hydrogen-bond acceptors (Lipinski definition) is 0. The zero-order valence-electron chi connectivity index (χ0n) is 19.3. The molecule has 0 nitrogen and oxygen atoms in total. The van der Waals surface area contributed by atoms with Crippen molar-refractivity contribution in [3.63, 3.8) is 0 Å². The first-order valence-electron chi connectivity index (χ1n) is 11.7. The Bertz CT molecular complexity index is 241. The van der Waals surface area contributed by atoms with E-state index in [4.69, 9.17) is 0 Å². The van der Waals surface area contributed by atoms with E-state index in [0.29, 0.717) is 0 Å². The monoisotopic (exact) mass is 432 g/mol. The van der Waals surface area contributed by atoms with Gasteiger partial charge in [0.25, 0.3) is 0 Å². The predicted molar refractivity (Wildman–Crippen MR) is 138 cm³/mol. The highest BCUT2D eigenvalue weighted by atomic mass is 28.3. The lowest BCUT2D eigenvalue weighted by Crippen LogP contribution is -2.34. The Morgan fingerprint density at radius 3 is 0.760 bits per heavy atom. The molecule has 152 valence electrons. The van der Waals surface area contributed by atoms with Gasteiger partial charge in [0.05, 0.1) is 8.07 Å². The Hall–Kier alpha value is 1.08. The van der Waals surface area contributed by atoms with Crippen molar-refractivity contribution in [2.24, 2.45) is 0 Å². The van der Waals surface area contributed by atoms with Gasteiger partial charge in [-0.25, -0.2) is 0 Å². The van der Waals surface area contributed by atoms with Crippen molar-refractivity contribution in [1.29, 1.82) is 0 Å². The summed E-state index contributed by atoms with van der Waals surface area (Å²) in [5, 5.41) is 0. The number of rotatable bonds is 16.